The summed E-state index contributed by atoms with van der Waals surface area (Å²) in [7, 11) is 0. The molecule has 0 aliphatic heterocycles. The first-order valence-electron chi connectivity index (χ1n) is 18.9. The fourth-order valence-electron chi connectivity index (χ4n) is 4.98. The summed E-state index contributed by atoms with van der Waals surface area (Å²) in [6.45, 7) is 47.8. The summed E-state index contributed by atoms with van der Waals surface area (Å²) in [5, 5.41) is 20.4. The van der Waals surface area contributed by atoms with Crippen LogP contribution in [0.4, 0.5) is 14.4 Å². The van der Waals surface area contributed by atoms with Gasteiger partial charge in [-0.1, -0.05) is 62.3 Å². The van der Waals surface area contributed by atoms with Gasteiger partial charge in [0.1, 0.15) is 0 Å². The van der Waals surface area contributed by atoms with E-state index < -0.39 is 0 Å². The molecular weight excluding hydrogens is 753 g/mol. The molecule has 0 unspecified atom stereocenters. The number of urea groups is 3. The molecule has 0 bridgehead atoms. The Morgan fingerprint density at radius 2 is 0.627 bits per heavy atom. The van der Waals surface area contributed by atoms with Crippen LogP contribution in [0.25, 0.3) is 16.0 Å². The molecule has 0 aromatic heterocycles. The fourth-order valence-corrected chi connectivity index (χ4v) is 4.98. The number of quaternary nitrogens is 2. The van der Waals surface area contributed by atoms with Gasteiger partial charge in [0.25, 0.3) is 0 Å². The predicted molar refractivity (Wildman–Crippen MR) is 217 cm³/mol. The number of amides is 6. The maximum Gasteiger partial charge on any atom is 3.00 e. The first kappa shape index (κ1) is 59.0. The smallest absolute Gasteiger partial charge is 2.00 e. The number of carbonyl (C=O) groups excluding carboxylic acids is 3. The third kappa shape index (κ3) is 34.3. The van der Waals surface area contributed by atoms with E-state index in [1.54, 1.807) is 0 Å². The summed E-state index contributed by atoms with van der Waals surface area (Å²) < 4.78 is 2.56. The van der Waals surface area contributed by atoms with Crippen LogP contribution in [-0.4, -0.2) is 157 Å². The van der Waals surface area contributed by atoms with Crippen molar-refractivity contribution in [1.29, 1.82) is 0 Å². The fraction of sp³-hybridized carbons (Fsp3) is 0.919. The van der Waals surface area contributed by atoms with Gasteiger partial charge in [-0.15, -0.1) is 0 Å². The van der Waals surface area contributed by atoms with Gasteiger partial charge in [-0.05, 0) is 111 Å². The van der Waals surface area contributed by atoms with Crippen molar-refractivity contribution >= 4 is 35.2 Å². The molecule has 0 fully saturated rings. The Morgan fingerprint density at radius 1 is 0.451 bits per heavy atom. The zero-order valence-corrected chi connectivity index (χ0v) is 38.9. The van der Waals surface area contributed by atoms with Crippen molar-refractivity contribution in [2.75, 3.05) is 91.6 Å². The Hall–Kier alpha value is -1.27. The zero-order chi connectivity index (χ0) is 39.0. The van der Waals surface area contributed by atoms with Gasteiger partial charge in [0.2, 0.25) is 0 Å². The zero-order valence-electron chi connectivity index (χ0n) is 36.1. The van der Waals surface area contributed by atoms with E-state index in [4.69, 9.17) is 0 Å². The van der Waals surface area contributed by atoms with Crippen molar-refractivity contribution in [3.05, 3.63) is 16.0 Å². The van der Waals surface area contributed by atoms with Crippen molar-refractivity contribution in [2.45, 2.75) is 134 Å². The van der Waals surface area contributed by atoms with Crippen LogP contribution in [0.5, 0.6) is 0 Å². The summed E-state index contributed by atoms with van der Waals surface area (Å²) in [6, 6.07) is -1.09. The molecule has 0 aliphatic carbocycles. The number of nitrogens with zero attached hydrogens (tertiary/aromatic N) is 6. The molecule has 0 aromatic carbocycles. The van der Waals surface area contributed by atoms with Crippen molar-refractivity contribution in [2.24, 2.45) is 0 Å². The second kappa shape index (κ2) is 30.1. The molecule has 0 saturated carbocycles. The first-order valence-corrected chi connectivity index (χ1v) is 18.9. The molecule has 51 heavy (non-hydrogen) atoms. The Balaban J connectivity index is -0.000000288. The number of hydrogen-bond acceptors (Lipinski definition) is 4. The van der Waals surface area contributed by atoms with Crippen molar-refractivity contribution in [3.63, 3.8) is 0 Å². The van der Waals surface area contributed by atoms with E-state index in [0.29, 0.717) is 39.3 Å². The number of rotatable bonds is 17. The summed E-state index contributed by atoms with van der Waals surface area (Å²) in [6.07, 6.45) is 0. The number of hydrogen-bond donors (Lipinski definition) is 3. The normalized spacial score (nSPS) is 11.6. The van der Waals surface area contributed by atoms with E-state index >= 15 is 0 Å². The minimum atomic E-state index is -0.365. The molecule has 0 aromatic rings. The maximum atomic E-state index is 11.9. The van der Waals surface area contributed by atoms with E-state index in [-0.39, 0.29) is 68.8 Å². The largest absolute Gasteiger partial charge is 3.00 e. The van der Waals surface area contributed by atoms with E-state index in [0.717, 1.165) is 0 Å². The van der Waals surface area contributed by atoms with Crippen LogP contribution in [0.15, 0.2) is 0 Å². The molecule has 0 heterocycles. The second-order valence-corrected chi connectivity index (χ2v) is 15.7. The van der Waals surface area contributed by atoms with Gasteiger partial charge in [-0.25, -0.2) is 0 Å². The first-order chi connectivity index (χ1) is 22.5. The SMILES string of the molecule is CC(C)(C)NC(=O)[N-]CCN(CC[N-]C(=O)NC(C)(C)C)CC[N-]C(=O)NC(C)(C)C.CC[N+](CC)(CC)CC.CC[N+](CC)(CC)CC.[Fe+3].[Se-2]. The standard InChI is InChI=1S/C21H45N7O3.2C8H20N.Fe.Se/c1-19(2,3)25-16(29)22-10-13-28(14-11-23-17(30)26-20(4,5)6)15-12-24-18(31)27-21(7,8)9;2*1-5-9(6-2,7-3)8-4;;/h10-15H2,1-9H3,(H6,22,23,24,25,26,27,29,30,31);2*5-8H2,1-4H3;;/q;2*+1;+3;-2/p-3. The van der Waals surface area contributed by atoms with E-state index in [2.05, 4.69) is 87.3 Å². The van der Waals surface area contributed by atoms with E-state index in [9.17, 15) is 14.4 Å². The van der Waals surface area contributed by atoms with Gasteiger partial charge < -0.3 is 62.8 Å². The molecular formula is C37H82FeN9O3Se. The summed E-state index contributed by atoms with van der Waals surface area (Å²) in [5.74, 6) is 0. The van der Waals surface area contributed by atoms with Gasteiger partial charge in [-0.2, -0.15) is 0 Å². The van der Waals surface area contributed by atoms with E-state index in [1.165, 1.54) is 61.3 Å². The molecule has 3 N–H and O–H groups in total. The van der Waals surface area contributed by atoms with Gasteiger partial charge in [0.15, 0.2) is 18.1 Å². The Bertz CT molecular complexity index is 748. The summed E-state index contributed by atoms with van der Waals surface area (Å²) in [4.78, 5) is 37.6. The number of nitrogens with one attached hydrogen (secondary N) is 3. The molecule has 0 spiro atoms. The molecule has 14 heteroatoms. The van der Waals surface area contributed by atoms with Crippen molar-refractivity contribution in [1.82, 2.24) is 20.9 Å². The average Bonchev–Trinajstić information content (AvgIpc) is 2.98. The minimum Gasteiger partial charge on any atom is -2.00 e. The van der Waals surface area contributed by atoms with Crippen LogP contribution < -0.4 is 16.0 Å². The molecule has 6 amide bonds. The predicted octanol–water partition coefficient (Wildman–Crippen LogP) is 7.32. The topological polar surface area (TPSA) is 133 Å². The molecule has 0 atom stereocenters. The summed E-state index contributed by atoms with van der Waals surface area (Å²) in [5.41, 5.74) is -1.05. The molecule has 0 rings (SSSR count). The third-order valence-corrected chi connectivity index (χ3v) is 8.83. The molecule has 307 valence electrons. The van der Waals surface area contributed by atoms with E-state index in [1.807, 2.05) is 67.2 Å². The van der Waals surface area contributed by atoms with Crippen molar-refractivity contribution in [3.8, 4) is 0 Å². The van der Waals surface area contributed by atoms with Crippen LogP contribution >= 0.6 is 0 Å². The van der Waals surface area contributed by atoms with Gasteiger partial charge >= 0.3 is 17.1 Å². The molecule has 0 aliphatic rings. The van der Waals surface area contributed by atoms with Gasteiger partial charge in [0, 0.05) is 0 Å². The quantitative estimate of drug-likeness (QED) is 0.105. The molecule has 0 saturated heterocycles. The Labute approximate surface area is 337 Å². The molecule has 12 nitrogen and oxygen atoms in total. The van der Waals surface area contributed by atoms with Crippen LogP contribution in [0.3, 0.4) is 0 Å². The van der Waals surface area contributed by atoms with Crippen LogP contribution in [0, 0.1) is 0 Å². The van der Waals surface area contributed by atoms with Crippen LogP contribution in [0.1, 0.15) is 118 Å². The van der Waals surface area contributed by atoms with Crippen LogP contribution in [-0.2, 0) is 17.1 Å². The minimum absolute atomic E-state index is 0. The maximum absolute atomic E-state index is 11.9. The molecule has 1 radical (unpaired) electrons. The monoisotopic (exact) mass is 837 g/mol. The average molecular weight is 836 g/mol. The Morgan fingerprint density at radius 3 is 0.745 bits per heavy atom. The van der Waals surface area contributed by atoms with Gasteiger partial charge in [-0.3, -0.25) is 14.4 Å². The van der Waals surface area contributed by atoms with Gasteiger partial charge in [0.05, 0.1) is 52.4 Å². The summed E-state index contributed by atoms with van der Waals surface area (Å²) >= 11 is 0. The number of carbonyl (C=O) groups is 3. The third-order valence-electron chi connectivity index (χ3n) is 8.83. The van der Waals surface area contributed by atoms with Crippen LogP contribution in [0.2, 0.25) is 0 Å². The Kier molecular flexibility index (Phi) is 34.8. The second-order valence-electron chi connectivity index (χ2n) is 15.7. The van der Waals surface area contributed by atoms with Crippen molar-refractivity contribution < 1.29 is 40.4 Å².